The van der Waals surface area contributed by atoms with E-state index in [1.165, 1.54) is 48.8 Å². The first-order valence-electron chi connectivity index (χ1n) is 7.77. The van der Waals surface area contributed by atoms with Gasteiger partial charge in [-0.15, -0.1) is 24.0 Å². The number of aliphatic imine (C=N–C) groups is 1. The molecule has 1 saturated carbocycles. The maximum absolute atomic E-state index is 5.97. The van der Waals surface area contributed by atoms with E-state index in [-0.39, 0.29) is 24.0 Å². The molecule has 0 aromatic heterocycles. The molecule has 4 heteroatoms. The van der Waals surface area contributed by atoms with Gasteiger partial charge in [0.05, 0.1) is 0 Å². The van der Waals surface area contributed by atoms with Crippen LogP contribution < -0.4 is 11.1 Å². The summed E-state index contributed by atoms with van der Waals surface area (Å²) in [5.74, 6) is 0.612. The van der Waals surface area contributed by atoms with Gasteiger partial charge in [0.2, 0.25) is 0 Å². The van der Waals surface area contributed by atoms with Crippen molar-refractivity contribution in [2.45, 2.75) is 58.4 Å². The molecule has 0 amide bonds. The average Bonchev–Trinajstić information content (AvgIpc) is 2.38. The van der Waals surface area contributed by atoms with Crippen molar-refractivity contribution in [1.29, 1.82) is 0 Å². The smallest absolute Gasteiger partial charge is 0.188 e. The first-order chi connectivity index (χ1) is 9.63. The van der Waals surface area contributed by atoms with E-state index in [9.17, 15) is 0 Å². The summed E-state index contributed by atoms with van der Waals surface area (Å²) in [7, 11) is 0. The van der Waals surface area contributed by atoms with E-state index in [0.717, 1.165) is 13.0 Å². The lowest BCUT2D eigenvalue weighted by Crippen LogP contribution is -2.41. The molecule has 2 rings (SSSR count). The lowest BCUT2D eigenvalue weighted by Gasteiger charge is -2.23. The van der Waals surface area contributed by atoms with Crippen LogP contribution in [-0.4, -0.2) is 18.5 Å². The van der Waals surface area contributed by atoms with Crippen molar-refractivity contribution in [3.05, 3.63) is 34.9 Å². The van der Waals surface area contributed by atoms with Gasteiger partial charge in [0.1, 0.15) is 0 Å². The SMILES string of the molecule is Cc1cc(C)cc(CCN=C(N)NC2CCCCC2)c1.I. The Labute approximate surface area is 145 Å². The van der Waals surface area contributed by atoms with Crippen LogP contribution in [0.2, 0.25) is 0 Å². The highest BCUT2D eigenvalue weighted by molar-refractivity contribution is 14.0. The molecule has 0 unspecified atom stereocenters. The molecule has 1 aliphatic carbocycles. The molecule has 21 heavy (non-hydrogen) atoms. The number of guanidine groups is 1. The Morgan fingerprint density at radius 1 is 1.14 bits per heavy atom. The van der Waals surface area contributed by atoms with Gasteiger partial charge in [-0.3, -0.25) is 4.99 Å². The molecular weight excluding hydrogens is 373 g/mol. The van der Waals surface area contributed by atoms with Gasteiger partial charge in [-0.05, 0) is 38.7 Å². The van der Waals surface area contributed by atoms with Crippen molar-refractivity contribution >= 4 is 29.9 Å². The number of halogens is 1. The molecule has 0 bridgehead atoms. The Hall–Kier alpha value is -0.780. The summed E-state index contributed by atoms with van der Waals surface area (Å²) in [6.07, 6.45) is 7.40. The summed E-state index contributed by atoms with van der Waals surface area (Å²) in [4.78, 5) is 4.46. The zero-order valence-corrected chi connectivity index (χ0v) is 15.5. The Kier molecular flexibility index (Phi) is 8.07. The molecule has 1 aromatic rings. The zero-order chi connectivity index (χ0) is 14.4. The molecule has 0 spiro atoms. The molecule has 0 aliphatic heterocycles. The van der Waals surface area contributed by atoms with Crippen LogP contribution in [0.25, 0.3) is 0 Å². The maximum Gasteiger partial charge on any atom is 0.188 e. The Morgan fingerprint density at radius 3 is 2.38 bits per heavy atom. The Bertz CT molecular complexity index is 445. The highest BCUT2D eigenvalue weighted by Crippen LogP contribution is 2.17. The minimum absolute atomic E-state index is 0. The molecule has 1 fully saturated rings. The second kappa shape index (κ2) is 9.28. The van der Waals surface area contributed by atoms with E-state index >= 15 is 0 Å². The van der Waals surface area contributed by atoms with Gasteiger partial charge in [0, 0.05) is 12.6 Å². The third-order valence-electron chi connectivity index (χ3n) is 3.92. The number of nitrogens with zero attached hydrogens (tertiary/aromatic N) is 1. The van der Waals surface area contributed by atoms with Crippen molar-refractivity contribution < 1.29 is 0 Å². The van der Waals surface area contributed by atoms with Gasteiger partial charge in [0.25, 0.3) is 0 Å². The van der Waals surface area contributed by atoms with Gasteiger partial charge in [-0.25, -0.2) is 0 Å². The number of benzene rings is 1. The molecule has 0 radical (unpaired) electrons. The topological polar surface area (TPSA) is 50.4 Å². The Morgan fingerprint density at radius 2 is 1.76 bits per heavy atom. The van der Waals surface area contributed by atoms with Crippen LogP contribution in [0, 0.1) is 13.8 Å². The molecule has 3 N–H and O–H groups in total. The van der Waals surface area contributed by atoms with E-state index < -0.39 is 0 Å². The van der Waals surface area contributed by atoms with Crippen LogP contribution in [0.1, 0.15) is 48.8 Å². The lowest BCUT2D eigenvalue weighted by atomic mass is 9.96. The lowest BCUT2D eigenvalue weighted by molar-refractivity contribution is 0.412. The highest BCUT2D eigenvalue weighted by atomic mass is 127. The minimum Gasteiger partial charge on any atom is -0.370 e. The average molecular weight is 401 g/mol. The number of aryl methyl sites for hydroxylation is 2. The molecule has 0 heterocycles. The Balaban J connectivity index is 0.00000220. The van der Waals surface area contributed by atoms with Crippen LogP contribution in [0.3, 0.4) is 0 Å². The fourth-order valence-electron chi connectivity index (χ4n) is 3.02. The van der Waals surface area contributed by atoms with E-state index in [2.05, 4.69) is 42.4 Å². The first-order valence-corrected chi connectivity index (χ1v) is 7.77. The normalized spacial score (nSPS) is 16.4. The fraction of sp³-hybridized carbons (Fsp3) is 0.588. The molecule has 1 aromatic carbocycles. The van der Waals surface area contributed by atoms with Gasteiger partial charge in [0.15, 0.2) is 5.96 Å². The van der Waals surface area contributed by atoms with Gasteiger partial charge in [-0.1, -0.05) is 48.6 Å². The molecule has 0 saturated heterocycles. The largest absolute Gasteiger partial charge is 0.370 e. The van der Waals surface area contributed by atoms with Crippen LogP contribution in [0.4, 0.5) is 0 Å². The third-order valence-corrected chi connectivity index (χ3v) is 3.92. The van der Waals surface area contributed by atoms with Crippen molar-refractivity contribution in [3.63, 3.8) is 0 Å². The van der Waals surface area contributed by atoms with Crippen molar-refractivity contribution in [3.8, 4) is 0 Å². The minimum atomic E-state index is 0. The van der Waals surface area contributed by atoms with Crippen LogP contribution >= 0.6 is 24.0 Å². The molecule has 3 nitrogen and oxygen atoms in total. The highest BCUT2D eigenvalue weighted by Gasteiger charge is 2.13. The van der Waals surface area contributed by atoms with Gasteiger partial charge < -0.3 is 11.1 Å². The summed E-state index contributed by atoms with van der Waals surface area (Å²) >= 11 is 0. The predicted molar refractivity (Wildman–Crippen MR) is 102 cm³/mol. The molecule has 1 aliphatic rings. The molecule has 0 atom stereocenters. The predicted octanol–water partition coefficient (Wildman–Crippen LogP) is 3.70. The number of hydrogen-bond acceptors (Lipinski definition) is 1. The maximum atomic E-state index is 5.97. The molecular formula is C17H28IN3. The number of rotatable bonds is 4. The second-order valence-corrected chi connectivity index (χ2v) is 5.99. The number of hydrogen-bond donors (Lipinski definition) is 2. The van der Waals surface area contributed by atoms with Gasteiger partial charge in [-0.2, -0.15) is 0 Å². The first kappa shape index (κ1) is 18.3. The summed E-state index contributed by atoms with van der Waals surface area (Å²) in [5, 5.41) is 3.36. The summed E-state index contributed by atoms with van der Waals surface area (Å²) in [6, 6.07) is 7.19. The van der Waals surface area contributed by atoms with E-state index in [1.807, 2.05) is 0 Å². The van der Waals surface area contributed by atoms with Crippen LogP contribution in [-0.2, 0) is 6.42 Å². The zero-order valence-electron chi connectivity index (χ0n) is 13.2. The van der Waals surface area contributed by atoms with E-state index in [4.69, 9.17) is 5.73 Å². The third kappa shape index (κ3) is 6.68. The van der Waals surface area contributed by atoms with Crippen molar-refractivity contribution in [2.75, 3.05) is 6.54 Å². The number of nitrogens with two attached hydrogens (primary N) is 1. The van der Waals surface area contributed by atoms with E-state index in [0.29, 0.717) is 12.0 Å². The monoisotopic (exact) mass is 401 g/mol. The summed E-state index contributed by atoms with van der Waals surface area (Å²) in [5.41, 5.74) is 9.95. The van der Waals surface area contributed by atoms with Gasteiger partial charge >= 0.3 is 0 Å². The second-order valence-electron chi connectivity index (χ2n) is 5.99. The van der Waals surface area contributed by atoms with E-state index in [1.54, 1.807) is 0 Å². The summed E-state index contributed by atoms with van der Waals surface area (Å²) < 4.78 is 0. The number of nitrogens with one attached hydrogen (secondary N) is 1. The fourth-order valence-corrected chi connectivity index (χ4v) is 3.02. The quantitative estimate of drug-likeness (QED) is 0.459. The van der Waals surface area contributed by atoms with Crippen LogP contribution in [0.5, 0.6) is 0 Å². The molecule has 118 valence electrons. The standard InChI is InChI=1S/C17H27N3.HI/c1-13-10-14(2)12-15(11-13)8-9-19-17(18)20-16-6-4-3-5-7-16;/h10-12,16H,3-9H2,1-2H3,(H3,18,19,20);1H. The van der Waals surface area contributed by atoms with Crippen molar-refractivity contribution in [1.82, 2.24) is 5.32 Å². The van der Waals surface area contributed by atoms with Crippen molar-refractivity contribution in [2.24, 2.45) is 10.7 Å². The van der Waals surface area contributed by atoms with Crippen LogP contribution in [0.15, 0.2) is 23.2 Å². The summed E-state index contributed by atoms with van der Waals surface area (Å²) in [6.45, 7) is 5.03.